The molecule has 0 atom stereocenters. The number of hydrogen-bond acceptors (Lipinski definition) is 4. The zero-order valence-electron chi connectivity index (χ0n) is 4.42. The number of morpholine rings is 1. The quantitative estimate of drug-likeness (QED) is 0.331. The Hall–Kier alpha value is -0.160. The summed E-state index contributed by atoms with van der Waals surface area (Å²) in [6, 6.07) is 0. The van der Waals surface area contributed by atoms with Gasteiger partial charge in [0.15, 0.2) is 0 Å². The van der Waals surface area contributed by atoms with Gasteiger partial charge in [-0.05, 0) is 0 Å². The lowest BCUT2D eigenvalue weighted by atomic mass is 10.4. The maximum atomic E-state index is 8.69. The van der Waals surface area contributed by atoms with Crippen molar-refractivity contribution >= 4 is 0 Å². The molecule has 0 saturated carbocycles. The van der Waals surface area contributed by atoms with Gasteiger partial charge in [-0.2, -0.15) is 0 Å². The van der Waals surface area contributed by atoms with Gasteiger partial charge >= 0.3 is 0 Å². The van der Waals surface area contributed by atoms with Gasteiger partial charge in [0.2, 0.25) is 5.91 Å². The minimum absolute atomic E-state index is 0.0486. The standard InChI is InChI=1S/C4H9NO3/c6-4(7)3-8-2-1-5-4/h5-7H,1-3H2. The van der Waals surface area contributed by atoms with E-state index in [1.807, 2.05) is 0 Å². The predicted octanol–water partition coefficient (Wildman–Crippen LogP) is -1.76. The third-order valence-electron chi connectivity index (χ3n) is 0.958. The van der Waals surface area contributed by atoms with Crippen molar-refractivity contribution in [3.8, 4) is 0 Å². The molecule has 1 aliphatic heterocycles. The third kappa shape index (κ3) is 1.41. The zero-order valence-corrected chi connectivity index (χ0v) is 4.42. The van der Waals surface area contributed by atoms with Gasteiger partial charge in [0.05, 0.1) is 6.61 Å². The van der Waals surface area contributed by atoms with E-state index in [4.69, 9.17) is 14.9 Å². The monoisotopic (exact) mass is 119 g/mol. The van der Waals surface area contributed by atoms with Crippen LogP contribution in [0.3, 0.4) is 0 Å². The summed E-state index contributed by atoms with van der Waals surface area (Å²) in [5.41, 5.74) is 0. The minimum Gasteiger partial charge on any atom is -0.373 e. The Labute approximate surface area is 47.1 Å². The van der Waals surface area contributed by atoms with Crippen LogP contribution in [0.5, 0.6) is 0 Å². The van der Waals surface area contributed by atoms with Crippen LogP contribution in [-0.2, 0) is 4.74 Å². The van der Waals surface area contributed by atoms with Gasteiger partial charge in [0, 0.05) is 6.54 Å². The molecule has 0 amide bonds. The van der Waals surface area contributed by atoms with Gasteiger partial charge in [-0.15, -0.1) is 0 Å². The number of hydrogen-bond donors (Lipinski definition) is 3. The van der Waals surface area contributed by atoms with Crippen LogP contribution in [0, 0.1) is 0 Å². The second-order valence-corrected chi connectivity index (χ2v) is 1.80. The lowest BCUT2D eigenvalue weighted by Crippen LogP contribution is -2.54. The van der Waals surface area contributed by atoms with E-state index in [1.165, 1.54) is 0 Å². The molecular formula is C4H9NO3. The number of aliphatic hydroxyl groups is 2. The van der Waals surface area contributed by atoms with Crippen molar-refractivity contribution in [2.75, 3.05) is 19.8 Å². The van der Waals surface area contributed by atoms with Crippen LogP contribution < -0.4 is 5.32 Å². The molecule has 0 unspecified atom stereocenters. The van der Waals surface area contributed by atoms with Gasteiger partial charge < -0.3 is 14.9 Å². The maximum Gasteiger partial charge on any atom is 0.247 e. The fourth-order valence-electron chi connectivity index (χ4n) is 0.589. The Morgan fingerprint density at radius 1 is 1.50 bits per heavy atom. The Kier molecular flexibility index (Phi) is 1.48. The lowest BCUT2D eigenvalue weighted by molar-refractivity contribution is -0.237. The lowest BCUT2D eigenvalue weighted by Gasteiger charge is -2.27. The summed E-state index contributed by atoms with van der Waals surface area (Å²) >= 11 is 0. The molecule has 0 aliphatic carbocycles. The molecule has 0 radical (unpaired) electrons. The summed E-state index contributed by atoms with van der Waals surface area (Å²) in [4.78, 5) is 0. The molecule has 0 aromatic heterocycles. The Morgan fingerprint density at radius 3 is 2.50 bits per heavy atom. The van der Waals surface area contributed by atoms with E-state index in [1.54, 1.807) is 0 Å². The molecule has 3 N–H and O–H groups in total. The summed E-state index contributed by atoms with van der Waals surface area (Å²) < 4.78 is 4.72. The molecule has 0 bridgehead atoms. The fraction of sp³-hybridized carbons (Fsp3) is 1.00. The number of rotatable bonds is 0. The highest BCUT2D eigenvalue weighted by molar-refractivity contribution is 4.64. The summed E-state index contributed by atoms with van der Waals surface area (Å²) in [6.07, 6.45) is 0. The van der Waals surface area contributed by atoms with Crippen LogP contribution >= 0.6 is 0 Å². The van der Waals surface area contributed by atoms with Crippen molar-refractivity contribution in [2.45, 2.75) is 5.91 Å². The first-order valence-electron chi connectivity index (χ1n) is 2.48. The second kappa shape index (κ2) is 1.99. The molecule has 1 aliphatic rings. The summed E-state index contributed by atoms with van der Waals surface area (Å²) in [5.74, 6) is -1.79. The molecule has 1 heterocycles. The minimum atomic E-state index is -1.79. The van der Waals surface area contributed by atoms with Gasteiger partial charge in [-0.25, -0.2) is 0 Å². The van der Waals surface area contributed by atoms with E-state index in [0.29, 0.717) is 13.2 Å². The van der Waals surface area contributed by atoms with Crippen LogP contribution in [0.2, 0.25) is 0 Å². The van der Waals surface area contributed by atoms with Crippen LogP contribution in [0.15, 0.2) is 0 Å². The second-order valence-electron chi connectivity index (χ2n) is 1.80. The Bertz CT molecular complexity index is 75.4. The molecule has 0 aromatic carbocycles. The highest BCUT2D eigenvalue weighted by atomic mass is 16.6. The van der Waals surface area contributed by atoms with Crippen LogP contribution in [0.25, 0.3) is 0 Å². The third-order valence-corrected chi connectivity index (χ3v) is 0.958. The SMILES string of the molecule is OC1(O)COCCN1. The van der Waals surface area contributed by atoms with Crippen molar-refractivity contribution in [1.82, 2.24) is 5.32 Å². The molecule has 1 rings (SSSR count). The molecule has 0 spiro atoms. The van der Waals surface area contributed by atoms with Crippen molar-refractivity contribution < 1.29 is 14.9 Å². The van der Waals surface area contributed by atoms with Crippen LogP contribution in [0.4, 0.5) is 0 Å². The molecule has 48 valence electrons. The van der Waals surface area contributed by atoms with E-state index in [-0.39, 0.29) is 6.61 Å². The average molecular weight is 119 g/mol. The zero-order chi connectivity index (χ0) is 6.04. The smallest absolute Gasteiger partial charge is 0.247 e. The van der Waals surface area contributed by atoms with E-state index < -0.39 is 5.91 Å². The largest absolute Gasteiger partial charge is 0.373 e. The fourth-order valence-corrected chi connectivity index (χ4v) is 0.589. The number of ether oxygens (including phenoxy) is 1. The Balaban J connectivity index is 2.33. The molecule has 4 nitrogen and oxygen atoms in total. The molecular weight excluding hydrogens is 110 g/mol. The molecule has 1 fully saturated rings. The van der Waals surface area contributed by atoms with Crippen LogP contribution in [-0.4, -0.2) is 35.9 Å². The molecule has 1 saturated heterocycles. The number of nitrogens with one attached hydrogen (secondary N) is 1. The van der Waals surface area contributed by atoms with Gasteiger partial charge in [-0.1, -0.05) is 0 Å². The normalized spacial score (nSPS) is 27.8. The highest BCUT2D eigenvalue weighted by Gasteiger charge is 2.25. The Morgan fingerprint density at radius 2 is 2.25 bits per heavy atom. The van der Waals surface area contributed by atoms with Gasteiger partial charge in [0.1, 0.15) is 6.61 Å². The summed E-state index contributed by atoms with van der Waals surface area (Å²) in [7, 11) is 0. The van der Waals surface area contributed by atoms with Gasteiger partial charge in [0.25, 0.3) is 0 Å². The van der Waals surface area contributed by atoms with Crippen molar-refractivity contribution in [2.24, 2.45) is 0 Å². The van der Waals surface area contributed by atoms with E-state index >= 15 is 0 Å². The predicted molar refractivity (Wildman–Crippen MR) is 26.0 cm³/mol. The first kappa shape index (κ1) is 5.97. The first-order chi connectivity index (χ1) is 3.71. The molecule has 0 aromatic rings. The highest BCUT2D eigenvalue weighted by Crippen LogP contribution is 1.98. The van der Waals surface area contributed by atoms with Gasteiger partial charge in [-0.3, -0.25) is 5.32 Å². The summed E-state index contributed by atoms with van der Waals surface area (Å²) in [6.45, 7) is 0.989. The van der Waals surface area contributed by atoms with Crippen LogP contribution in [0.1, 0.15) is 0 Å². The van der Waals surface area contributed by atoms with Crippen molar-refractivity contribution in [3.63, 3.8) is 0 Å². The molecule has 8 heavy (non-hydrogen) atoms. The van der Waals surface area contributed by atoms with Crippen molar-refractivity contribution in [3.05, 3.63) is 0 Å². The van der Waals surface area contributed by atoms with E-state index in [9.17, 15) is 0 Å². The van der Waals surface area contributed by atoms with Crippen molar-refractivity contribution in [1.29, 1.82) is 0 Å². The van der Waals surface area contributed by atoms with E-state index in [2.05, 4.69) is 5.32 Å². The van der Waals surface area contributed by atoms with E-state index in [0.717, 1.165) is 0 Å². The summed E-state index contributed by atoms with van der Waals surface area (Å²) in [5, 5.41) is 19.8. The molecule has 4 heteroatoms. The maximum absolute atomic E-state index is 8.69. The average Bonchev–Trinajstić information content (AvgIpc) is 1.65. The topological polar surface area (TPSA) is 61.7 Å². The first-order valence-corrected chi connectivity index (χ1v) is 2.48.